The Hall–Kier alpha value is -2.90. The third-order valence-electron chi connectivity index (χ3n) is 5.33. The van der Waals surface area contributed by atoms with Gasteiger partial charge in [0, 0.05) is 41.4 Å². The minimum atomic E-state index is -1.38. The molecule has 2 unspecified atom stereocenters. The predicted octanol–water partition coefficient (Wildman–Crippen LogP) is 3.20. The van der Waals surface area contributed by atoms with E-state index in [0.717, 1.165) is 16.3 Å². The molecule has 2 atom stereocenters. The van der Waals surface area contributed by atoms with Crippen LogP contribution in [0.25, 0.3) is 0 Å². The zero-order valence-electron chi connectivity index (χ0n) is 19.5. The van der Waals surface area contributed by atoms with Crippen LogP contribution < -0.4 is 10.6 Å². The molecule has 12 heteroatoms. The van der Waals surface area contributed by atoms with Crippen LogP contribution in [0.15, 0.2) is 50.8 Å². The molecule has 3 N–H and O–H groups in total. The smallest absolute Gasteiger partial charge is 0.309 e. The number of rotatable bonds is 9. The molecule has 9 nitrogen and oxygen atoms in total. The number of carbonyl (C=O) groups is 3. The second kappa shape index (κ2) is 12.9. The van der Waals surface area contributed by atoms with Crippen LogP contribution in [-0.2, 0) is 25.7 Å². The van der Waals surface area contributed by atoms with Crippen molar-refractivity contribution >= 4 is 70.5 Å². The van der Waals surface area contributed by atoms with E-state index in [4.69, 9.17) is 16.3 Å². The van der Waals surface area contributed by atoms with E-state index < -0.39 is 41.7 Å². The maximum absolute atomic E-state index is 13.5. The van der Waals surface area contributed by atoms with Crippen molar-refractivity contribution in [2.75, 3.05) is 0 Å². The Balaban J connectivity index is 1.77. The molecule has 0 aliphatic carbocycles. The molecule has 1 aliphatic heterocycles. The Labute approximate surface area is 226 Å². The number of ether oxygens (including phenoxy) is 1. The fourth-order valence-corrected chi connectivity index (χ4v) is 3.77. The molecule has 2 aromatic rings. The van der Waals surface area contributed by atoms with Crippen molar-refractivity contribution < 1.29 is 28.8 Å². The van der Waals surface area contributed by atoms with E-state index >= 15 is 0 Å². The maximum atomic E-state index is 13.5. The van der Waals surface area contributed by atoms with Crippen LogP contribution in [0, 0.1) is 11.7 Å². The van der Waals surface area contributed by atoms with E-state index in [1.54, 1.807) is 37.6 Å². The molecule has 0 fully saturated rings. The monoisotopic (exact) mass is 628 g/mol. The minimum Gasteiger partial charge on any atom is -0.447 e. The third kappa shape index (κ3) is 7.08. The Kier molecular flexibility index (Phi) is 9.90. The summed E-state index contributed by atoms with van der Waals surface area (Å²) < 4.78 is 22.8. The average molecular weight is 629 g/mol. The number of amides is 2. The highest BCUT2D eigenvalue weighted by molar-refractivity contribution is 14.1. The number of hydrogen-bond acceptors (Lipinski definition) is 6. The first-order chi connectivity index (χ1) is 17.2. The van der Waals surface area contributed by atoms with Crippen molar-refractivity contribution in [2.45, 2.75) is 39.0 Å². The van der Waals surface area contributed by atoms with Crippen LogP contribution in [0.1, 0.15) is 37.5 Å². The summed E-state index contributed by atoms with van der Waals surface area (Å²) in [7, 11) is 0. The molecular weight excluding hydrogens is 604 g/mol. The number of hydrazone groups is 1. The number of esters is 1. The summed E-state index contributed by atoms with van der Waals surface area (Å²) in [4.78, 5) is 38.8. The summed E-state index contributed by atoms with van der Waals surface area (Å²) >= 11 is 7.99. The van der Waals surface area contributed by atoms with Gasteiger partial charge in [0.2, 0.25) is 12.0 Å². The number of nitrogens with one attached hydrogen (secondary N) is 1. The van der Waals surface area contributed by atoms with Crippen molar-refractivity contribution in [1.82, 2.24) is 10.3 Å². The van der Waals surface area contributed by atoms with Crippen molar-refractivity contribution in [3.05, 3.63) is 64.4 Å². The SMILES string of the molecule is CC(C)C(=O)OC(C(=O)N1N=CCC1C(=O)NCc1cc(Cl)ccc1[NH2+]C=NI)c1ccc(F)cc1. The van der Waals surface area contributed by atoms with Crippen LogP contribution >= 0.6 is 34.5 Å². The highest BCUT2D eigenvalue weighted by Gasteiger charge is 2.39. The number of benzene rings is 2. The van der Waals surface area contributed by atoms with Crippen LogP contribution in [0.2, 0.25) is 5.02 Å². The number of quaternary nitrogens is 1. The number of nitrogens with two attached hydrogens (primary N) is 1. The van der Waals surface area contributed by atoms with Gasteiger partial charge in [0.05, 0.1) is 28.8 Å². The van der Waals surface area contributed by atoms with Gasteiger partial charge in [-0.1, -0.05) is 37.6 Å². The molecule has 0 saturated carbocycles. The summed E-state index contributed by atoms with van der Waals surface area (Å²) in [6.07, 6.45) is 1.87. The molecule has 0 aromatic heterocycles. The molecule has 190 valence electrons. The lowest BCUT2D eigenvalue weighted by atomic mass is 10.1. The highest BCUT2D eigenvalue weighted by Crippen LogP contribution is 2.26. The summed E-state index contributed by atoms with van der Waals surface area (Å²) in [5, 5.41) is 10.2. The molecule has 1 heterocycles. The maximum Gasteiger partial charge on any atom is 0.309 e. The van der Waals surface area contributed by atoms with Gasteiger partial charge in [-0.3, -0.25) is 19.7 Å². The van der Waals surface area contributed by atoms with Gasteiger partial charge in [-0.2, -0.15) is 8.31 Å². The standard InChI is InChI=1S/C24H24ClFIN5O4/c1-14(2)24(35)36-21(15-3-6-18(26)7-4-15)23(34)32-20(9-10-31-32)22(33)28-12-16-11-17(25)5-8-19(16)29-13-30-27/h3-8,10-11,13-14,20-21H,9,12H2,1-2H3,(H,28,33)(H,29,30)/p+1. The lowest BCUT2D eigenvalue weighted by Crippen LogP contribution is -2.76. The van der Waals surface area contributed by atoms with Crippen LogP contribution in [0.3, 0.4) is 0 Å². The van der Waals surface area contributed by atoms with Gasteiger partial charge in [-0.05, 0) is 24.3 Å². The lowest BCUT2D eigenvalue weighted by molar-refractivity contribution is -0.433. The molecule has 0 saturated heterocycles. The largest absolute Gasteiger partial charge is 0.447 e. The van der Waals surface area contributed by atoms with Crippen LogP contribution in [-0.4, -0.2) is 41.4 Å². The van der Waals surface area contributed by atoms with Gasteiger partial charge in [0.25, 0.3) is 5.91 Å². The van der Waals surface area contributed by atoms with Gasteiger partial charge in [-0.15, -0.1) is 0 Å². The second-order valence-corrected chi connectivity index (χ2v) is 9.22. The molecule has 1 aliphatic rings. The Morgan fingerprint density at radius 2 is 2.03 bits per heavy atom. The van der Waals surface area contributed by atoms with Crippen molar-refractivity contribution in [3.8, 4) is 0 Å². The average Bonchev–Trinajstić information content (AvgIpc) is 3.35. The van der Waals surface area contributed by atoms with Crippen LogP contribution in [0.4, 0.5) is 10.1 Å². The molecule has 2 amide bonds. The van der Waals surface area contributed by atoms with Gasteiger partial charge >= 0.3 is 5.97 Å². The molecule has 0 bridgehead atoms. The second-order valence-electron chi connectivity index (χ2n) is 8.23. The van der Waals surface area contributed by atoms with Crippen LogP contribution in [0.5, 0.6) is 0 Å². The molecule has 3 rings (SSSR count). The third-order valence-corrected chi connectivity index (χ3v) is 5.89. The van der Waals surface area contributed by atoms with E-state index in [1.165, 1.54) is 30.5 Å². The molecule has 36 heavy (non-hydrogen) atoms. The summed E-state index contributed by atoms with van der Waals surface area (Å²) in [6.45, 7) is 3.42. The van der Waals surface area contributed by atoms with Crippen molar-refractivity contribution in [2.24, 2.45) is 14.2 Å². The predicted molar refractivity (Wildman–Crippen MR) is 141 cm³/mol. The van der Waals surface area contributed by atoms with E-state index in [9.17, 15) is 18.8 Å². The summed E-state index contributed by atoms with van der Waals surface area (Å²) in [5.74, 6) is -2.76. The Morgan fingerprint density at radius 3 is 2.69 bits per heavy atom. The normalized spacial score (nSPS) is 15.9. The van der Waals surface area contributed by atoms with Crippen molar-refractivity contribution in [3.63, 3.8) is 0 Å². The van der Waals surface area contributed by atoms with E-state index in [0.29, 0.717) is 5.02 Å². The molecular formula is C24H25ClFIN5O4+. The van der Waals surface area contributed by atoms with Gasteiger partial charge in [0.1, 0.15) is 17.5 Å². The fourth-order valence-electron chi connectivity index (χ4n) is 3.41. The highest BCUT2D eigenvalue weighted by atomic mass is 127. The molecule has 2 aromatic carbocycles. The lowest BCUT2D eigenvalue weighted by Gasteiger charge is -2.26. The Morgan fingerprint density at radius 1 is 1.31 bits per heavy atom. The van der Waals surface area contributed by atoms with E-state index in [2.05, 4.69) is 13.6 Å². The summed E-state index contributed by atoms with van der Waals surface area (Å²) in [5.41, 5.74) is 1.86. The zero-order chi connectivity index (χ0) is 26.2. The first-order valence-electron chi connectivity index (χ1n) is 11.1. The minimum absolute atomic E-state index is 0.155. The fraction of sp³-hybridized carbons (Fsp3) is 0.292. The Bertz CT molecular complexity index is 1180. The van der Waals surface area contributed by atoms with E-state index in [1.807, 2.05) is 28.9 Å². The summed E-state index contributed by atoms with van der Waals surface area (Å²) in [6, 6.07) is 9.38. The van der Waals surface area contributed by atoms with Gasteiger partial charge in [-0.25, -0.2) is 9.40 Å². The number of halogens is 3. The van der Waals surface area contributed by atoms with Gasteiger partial charge < -0.3 is 10.1 Å². The van der Waals surface area contributed by atoms with Gasteiger partial charge in [0.15, 0.2) is 6.34 Å². The molecule has 0 radical (unpaired) electrons. The number of hydrogen-bond donors (Lipinski definition) is 2. The number of nitrogens with zero attached hydrogens (tertiary/aromatic N) is 3. The first kappa shape index (κ1) is 27.7. The van der Waals surface area contributed by atoms with E-state index in [-0.39, 0.29) is 18.5 Å². The zero-order valence-corrected chi connectivity index (χ0v) is 22.4. The number of carbonyl (C=O) groups excluding carboxylic acids is 3. The quantitative estimate of drug-likeness (QED) is 0.146. The molecule has 0 spiro atoms. The first-order valence-corrected chi connectivity index (χ1v) is 12.4. The van der Waals surface area contributed by atoms with Crippen molar-refractivity contribution in [1.29, 1.82) is 0 Å². The topological polar surface area (TPSA) is 117 Å².